The van der Waals surface area contributed by atoms with Crippen LogP contribution in [0.25, 0.3) is 0 Å². The predicted molar refractivity (Wildman–Crippen MR) is 99.5 cm³/mol. The number of esters is 1. The molecule has 2 N–H and O–H groups in total. The molecule has 1 aliphatic rings. The molecular formula is C19H25F2NO3S. The van der Waals surface area contributed by atoms with E-state index < -0.39 is 31.0 Å². The van der Waals surface area contributed by atoms with Crippen LogP contribution in [-0.2, 0) is 16.0 Å². The van der Waals surface area contributed by atoms with E-state index in [-0.39, 0.29) is 12.0 Å². The Hall–Kier alpha value is -1.60. The van der Waals surface area contributed by atoms with Crippen LogP contribution in [0.1, 0.15) is 43.2 Å². The Bertz CT molecular complexity index is 609. The maximum atomic E-state index is 13.5. The zero-order valence-corrected chi connectivity index (χ0v) is 15.6. The van der Waals surface area contributed by atoms with Crippen molar-refractivity contribution in [2.24, 2.45) is 5.92 Å². The molecule has 7 heteroatoms. The molecule has 0 amide bonds. The average Bonchev–Trinajstić information content (AvgIpc) is 3.03. The first-order valence-electron chi connectivity index (χ1n) is 8.81. The lowest BCUT2D eigenvalue weighted by molar-refractivity contribution is -0.155. The summed E-state index contributed by atoms with van der Waals surface area (Å²) in [6, 6.07) is 7.47. The molecular weight excluding hydrogens is 360 g/mol. The van der Waals surface area contributed by atoms with Crippen molar-refractivity contribution in [1.82, 2.24) is 5.32 Å². The number of halogens is 2. The standard InChI is InChI=1S/C19H25F2NO3S/c1-13(18(24)25-11-19(20,21)10-22-12-26)15-7-5-14(6-8-15)9-16-3-2-4-17(16)23/h5-8,12-13,16-17,23H,2-4,9-11H2,1H3,(H,22,26)/t13?,16-,17+/m1/s1. The number of carbonyl (C=O) groups is 1. The van der Waals surface area contributed by atoms with Crippen LogP contribution < -0.4 is 5.32 Å². The molecule has 0 saturated heterocycles. The van der Waals surface area contributed by atoms with Gasteiger partial charge in [-0.2, -0.15) is 0 Å². The molecule has 0 bridgehead atoms. The van der Waals surface area contributed by atoms with Crippen molar-refractivity contribution < 1.29 is 23.4 Å². The van der Waals surface area contributed by atoms with Gasteiger partial charge >= 0.3 is 5.97 Å². The third-order valence-corrected chi connectivity index (χ3v) is 4.99. The van der Waals surface area contributed by atoms with Gasteiger partial charge in [-0.05, 0) is 43.2 Å². The number of alkyl halides is 2. The SMILES string of the molecule is CC(C(=O)OCC(F)(F)CNC=S)c1ccc(C[C@H]2CCC[C@@H]2O)cc1. The highest BCUT2D eigenvalue weighted by Gasteiger charge is 2.31. The first-order valence-corrected chi connectivity index (χ1v) is 9.28. The second-order valence-corrected chi connectivity index (χ2v) is 7.12. The van der Waals surface area contributed by atoms with Crippen LogP contribution in [0, 0.1) is 5.92 Å². The summed E-state index contributed by atoms with van der Waals surface area (Å²) in [5.74, 6) is -4.20. The summed E-state index contributed by atoms with van der Waals surface area (Å²) in [5, 5.41) is 12.2. The minimum absolute atomic E-state index is 0.238. The number of thiocarbonyl (C=S) groups is 1. The van der Waals surface area contributed by atoms with Gasteiger partial charge in [-0.1, -0.05) is 42.9 Å². The summed E-state index contributed by atoms with van der Waals surface area (Å²) >= 11 is 4.43. The van der Waals surface area contributed by atoms with Crippen LogP contribution in [0.5, 0.6) is 0 Å². The molecule has 1 aromatic rings. The van der Waals surface area contributed by atoms with Gasteiger partial charge in [0.25, 0.3) is 5.92 Å². The zero-order chi connectivity index (χ0) is 19.2. The molecule has 3 atom stereocenters. The van der Waals surface area contributed by atoms with Crippen LogP contribution >= 0.6 is 12.2 Å². The maximum absolute atomic E-state index is 13.5. The van der Waals surface area contributed by atoms with Gasteiger partial charge in [0.05, 0.1) is 24.1 Å². The van der Waals surface area contributed by atoms with E-state index in [9.17, 15) is 18.7 Å². The van der Waals surface area contributed by atoms with Crippen molar-refractivity contribution >= 4 is 23.7 Å². The van der Waals surface area contributed by atoms with Gasteiger partial charge in [0.1, 0.15) is 0 Å². The maximum Gasteiger partial charge on any atom is 0.313 e. The van der Waals surface area contributed by atoms with Crippen LogP contribution in [-0.4, -0.2) is 41.7 Å². The minimum atomic E-state index is -3.17. The van der Waals surface area contributed by atoms with Crippen molar-refractivity contribution in [2.75, 3.05) is 13.2 Å². The number of rotatable bonds is 9. The molecule has 1 aromatic carbocycles. The molecule has 1 unspecified atom stereocenters. The van der Waals surface area contributed by atoms with Crippen molar-refractivity contribution in [3.8, 4) is 0 Å². The van der Waals surface area contributed by atoms with Crippen LogP contribution in [0.3, 0.4) is 0 Å². The highest BCUT2D eigenvalue weighted by atomic mass is 32.1. The number of hydrogen-bond acceptors (Lipinski definition) is 4. The van der Waals surface area contributed by atoms with Gasteiger partial charge in [-0.15, -0.1) is 0 Å². The molecule has 4 nitrogen and oxygen atoms in total. The molecule has 0 heterocycles. The first-order chi connectivity index (χ1) is 12.3. The Balaban J connectivity index is 1.87. The summed E-state index contributed by atoms with van der Waals surface area (Å²) in [6.45, 7) is -0.0185. The Kier molecular flexibility index (Phi) is 7.46. The Morgan fingerprint density at radius 2 is 2.12 bits per heavy atom. The second-order valence-electron chi connectivity index (χ2n) is 6.89. The van der Waals surface area contributed by atoms with Crippen molar-refractivity contribution in [2.45, 2.75) is 50.6 Å². The van der Waals surface area contributed by atoms with E-state index >= 15 is 0 Å². The van der Waals surface area contributed by atoms with Crippen LogP contribution in [0.4, 0.5) is 8.78 Å². The van der Waals surface area contributed by atoms with Crippen LogP contribution in [0.15, 0.2) is 24.3 Å². The van der Waals surface area contributed by atoms with Crippen molar-refractivity contribution in [1.29, 1.82) is 0 Å². The fraction of sp³-hybridized carbons (Fsp3) is 0.579. The molecule has 26 heavy (non-hydrogen) atoms. The quantitative estimate of drug-likeness (QED) is 0.505. The normalized spacial score (nSPS) is 21.2. The van der Waals surface area contributed by atoms with E-state index in [4.69, 9.17) is 4.74 Å². The molecule has 1 saturated carbocycles. The van der Waals surface area contributed by atoms with E-state index in [1.165, 1.54) is 0 Å². The summed E-state index contributed by atoms with van der Waals surface area (Å²) in [6.07, 6.45) is 3.50. The number of benzene rings is 1. The van der Waals surface area contributed by atoms with Crippen molar-refractivity contribution in [3.05, 3.63) is 35.4 Å². The highest BCUT2D eigenvalue weighted by molar-refractivity contribution is 7.78. The lowest BCUT2D eigenvalue weighted by atomic mass is 9.93. The largest absolute Gasteiger partial charge is 0.459 e. The monoisotopic (exact) mass is 385 g/mol. The molecule has 2 rings (SSSR count). The fourth-order valence-corrected chi connectivity index (χ4v) is 3.26. The highest BCUT2D eigenvalue weighted by Crippen LogP contribution is 2.29. The lowest BCUT2D eigenvalue weighted by Crippen LogP contribution is -2.37. The predicted octanol–water partition coefficient (Wildman–Crippen LogP) is 3.22. The molecule has 0 aliphatic heterocycles. The van der Waals surface area contributed by atoms with Gasteiger partial charge < -0.3 is 15.2 Å². The van der Waals surface area contributed by atoms with E-state index in [0.717, 1.165) is 36.7 Å². The average molecular weight is 385 g/mol. The van der Waals surface area contributed by atoms with Crippen LogP contribution in [0.2, 0.25) is 0 Å². The van der Waals surface area contributed by atoms with Gasteiger partial charge in [-0.3, -0.25) is 4.79 Å². The molecule has 0 spiro atoms. The molecule has 0 aromatic heterocycles. The number of nitrogens with one attached hydrogen (secondary N) is 1. The second kappa shape index (κ2) is 9.37. The summed E-state index contributed by atoms with van der Waals surface area (Å²) in [7, 11) is 0. The number of hydrogen-bond donors (Lipinski definition) is 2. The number of aliphatic hydroxyl groups is 1. The Morgan fingerprint density at radius 1 is 1.42 bits per heavy atom. The third-order valence-electron chi connectivity index (χ3n) is 4.82. The Morgan fingerprint density at radius 3 is 2.69 bits per heavy atom. The fourth-order valence-electron chi connectivity index (χ4n) is 3.18. The molecule has 144 valence electrons. The minimum Gasteiger partial charge on any atom is -0.459 e. The van der Waals surface area contributed by atoms with Gasteiger partial charge in [0.2, 0.25) is 0 Å². The number of carbonyl (C=O) groups excluding carboxylic acids is 1. The molecule has 1 aliphatic carbocycles. The third kappa shape index (κ3) is 5.99. The molecule has 1 fully saturated rings. The van der Waals surface area contributed by atoms with Crippen molar-refractivity contribution in [3.63, 3.8) is 0 Å². The smallest absolute Gasteiger partial charge is 0.313 e. The summed E-state index contributed by atoms with van der Waals surface area (Å²) < 4.78 is 31.7. The van der Waals surface area contributed by atoms with E-state index in [1.54, 1.807) is 6.92 Å². The first kappa shape index (κ1) is 20.7. The topological polar surface area (TPSA) is 58.6 Å². The number of ether oxygens (including phenoxy) is 1. The number of aliphatic hydroxyl groups excluding tert-OH is 1. The van der Waals surface area contributed by atoms with Gasteiger partial charge in [0.15, 0.2) is 6.61 Å². The van der Waals surface area contributed by atoms with Gasteiger partial charge in [0, 0.05) is 0 Å². The van der Waals surface area contributed by atoms with E-state index in [0.29, 0.717) is 5.56 Å². The summed E-state index contributed by atoms with van der Waals surface area (Å²) in [4.78, 5) is 12.0. The van der Waals surface area contributed by atoms with E-state index in [1.807, 2.05) is 24.3 Å². The summed E-state index contributed by atoms with van der Waals surface area (Å²) in [5.41, 5.74) is 2.81. The Labute approximate surface area is 157 Å². The zero-order valence-electron chi connectivity index (χ0n) is 14.8. The van der Waals surface area contributed by atoms with E-state index in [2.05, 4.69) is 17.5 Å². The molecule has 0 radical (unpaired) electrons. The lowest BCUT2D eigenvalue weighted by Gasteiger charge is -2.18. The van der Waals surface area contributed by atoms with Gasteiger partial charge in [-0.25, -0.2) is 8.78 Å².